The first-order valence-corrected chi connectivity index (χ1v) is 12.5. The molecule has 1 fully saturated rings. The number of nitrogens with zero attached hydrogens (tertiary/aromatic N) is 4. The van der Waals surface area contributed by atoms with Crippen LogP contribution in [0.4, 0.5) is 4.39 Å². The molecule has 0 radical (unpaired) electrons. The summed E-state index contributed by atoms with van der Waals surface area (Å²) in [4.78, 5) is 4.71. The summed E-state index contributed by atoms with van der Waals surface area (Å²) >= 11 is 9.22. The molecule has 0 aliphatic carbocycles. The fraction of sp³-hybridized carbons (Fsp3) is 0.261. The van der Waals surface area contributed by atoms with E-state index in [0.29, 0.717) is 17.3 Å². The van der Waals surface area contributed by atoms with E-state index in [4.69, 9.17) is 21.3 Å². The molecule has 5 nitrogen and oxygen atoms in total. The largest absolute Gasteiger partial charge is 0.376 e. The monoisotopic (exact) mass is 486 g/mol. The van der Waals surface area contributed by atoms with Crippen LogP contribution in [0, 0.1) is 5.82 Å². The van der Waals surface area contributed by atoms with Gasteiger partial charge < -0.3 is 4.74 Å². The summed E-state index contributed by atoms with van der Waals surface area (Å²) < 4.78 is 21.2. The van der Waals surface area contributed by atoms with Gasteiger partial charge in [0.1, 0.15) is 10.8 Å². The molecule has 4 aromatic rings. The lowest BCUT2D eigenvalue weighted by Gasteiger charge is -2.14. The van der Waals surface area contributed by atoms with Crippen molar-refractivity contribution in [3.63, 3.8) is 0 Å². The van der Waals surface area contributed by atoms with Crippen LogP contribution in [0.3, 0.4) is 0 Å². The highest BCUT2D eigenvalue weighted by atomic mass is 35.5. The Morgan fingerprint density at radius 3 is 2.62 bits per heavy atom. The van der Waals surface area contributed by atoms with Crippen LogP contribution in [0.5, 0.6) is 0 Å². The number of aromatic nitrogens is 4. The van der Waals surface area contributed by atoms with Crippen LogP contribution in [-0.2, 0) is 17.0 Å². The number of hydrogen-bond donors (Lipinski definition) is 0. The molecule has 0 amide bonds. The first-order valence-electron chi connectivity index (χ1n) is 10.3. The predicted octanol–water partition coefficient (Wildman–Crippen LogP) is 6.33. The van der Waals surface area contributed by atoms with Gasteiger partial charge in [-0.25, -0.2) is 9.37 Å². The van der Waals surface area contributed by atoms with E-state index in [1.54, 1.807) is 35.2 Å². The molecule has 0 bridgehead atoms. The van der Waals surface area contributed by atoms with E-state index >= 15 is 0 Å². The Hall–Kier alpha value is -2.26. The Bertz CT molecular complexity index is 1190. The van der Waals surface area contributed by atoms with Crippen molar-refractivity contribution in [3.8, 4) is 22.0 Å². The van der Waals surface area contributed by atoms with Crippen molar-refractivity contribution in [1.82, 2.24) is 19.7 Å². The van der Waals surface area contributed by atoms with Gasteiger partial charge in [0.15, 0.2) is 11.0 Å². The Labute approximate surface area is 198 Å². The van der Waals surface area contributed by atoms with Crippen molar-refractivity contribution >= 4 is 34.7 Å². The second-order valence-corrected chi connectivity index (χ2v) is 9.74. The molecule has 32 heavy (non-hydrogen) atoms. The molecule has 9 heteroatoms. The predicted molar refractivity (Wildman–Crippen MR) is 127 cm³/mol. The number of halogens is 2. The minimum Gasteiger partial charge on any atom is -0.376 e. The first kappa shape index (κ1) is 21.6. The average molecular weight is 487 g/mol. The molecule has 2 aromatic carbocycles. The summed E-state index contributed by atoms with van der Waals surface area (Å²) in [6.07, 6.45) is 2.28. The summed E-state index contributed by atoms with van der Waals surface area (Å²) in [6, 6.07) is 14.1. The van der Waals surface area contributed by atoms with E-state index < -0.39 is 0 Å². The van der Waals surface area contributed by atoms with Crippen LogP contribution in [0.15, 0.2) is 59.1 Å². The molecule has 1 saturated heterocycles. The standard InChI is InChI=1S/C23H20ClFN4OS2/c24-17-7-3-15(4-8-17)21-27-28-23(29(21)12-20-2-1-11-30-20)32-14-19-13-31-22(26-19)16-5-9-18(25)10-6-16/h3-10,13,20H,1-2,11-12,14H2/t20-/m1/s1. The second-order valence-electron chi connectivity index (χ2n) is 7.50. The van der Waals surface area contributed by atoms with Crippen molar-refractivity contribution in [2.75, 3.05) is 6.61 Å². The van der Waals surface area contributed by atoms with Crippen molar-refractivity contribution < 1.29 is 9.13 Å². The normalized spacial score (nSPS) is 16.0. The third kappa shape index (κ3) is 4.88. The van der Waals surface area contributed by atoms with E-state index in [0.717, 1.165) is 52.3 Å². The van der Waals surface area contributed by atoms with Crippen molar-refractivity contribution in [3.05, 3.63) is 70.4 Å². The van der Waals surface area contributed by atoms with Crippen molar-refractivity contribution in [2.45, 2.75) is 36.4 Å². The topological polar surface area (TPSA) is 52.8 Å². The molecular formula is C23H20ClFN4OS2. The maximum Gasteiger partial charge on any atom is 0.191 e. The van der Waals surface area contributed by atoms with E-state index in [1.807, 2.05) is 29.6 Å². The van der Waals surface area contributed by atoms with Gasteiger partial charge in [-0.05, 0) is 61.4 Å². The van der Waals surface area contributed by atoms with Crippen LogP contribution in [0.25, 0.3) is 22.0 Å². The maximum absolute atomic E-state index is 13.2. The number of benzene rings is 2. The Morgan fingerprint density at radius 1 is 1.09 bits per heavy atom. The zero-order valence-electron chi connectivity index (χ0n) is 17.1. The molecule has 1 atom stereocenters. The Balaban J connectivity index is 1.36. The first-order chi connectivity index (χ1) is 15.7. The van der Waals surface area contributed by atoms with Crippen molar-refractivity contribution in [1.29, 1.82) is 0 Å². The minimum absolute atomic E-state index is 0.167. The average Bonchev–Trinajstić information content (AvgIpc) is 3.56. The number of thioether (sulfide) groups is 1. The molecular weight excluding hydrogens is 467 g/mol. The number of ether oxygens (including phenoxy) is 1. The molecule has 0 N–H and O–H groups in total. The zero-order valence-corrected chi connectivity index (χ0v) is 19.5. The third-order valence-electron chi connectivity index (χ3n) is 5.22. The van der Waals surface area contributed by atoms with Crippen LogP contribution >= 0.6 is 34.7 Å². The second kappa shape index (κ2) is 9.70. The van der Waals surface area contributed by atoms with Crippen LogP contribution < -0.4 is 0 Å². The Kier molecular flexibility index (Phi) is 6.54. The highest BCUT2D eigenvalue weighted by Gasteiger charge is 2.22. The lowest BCUT2D eigenvalue weighted by atomic mass is 10.2. The molecule has 3 heterocycles. The third-order valence-corrected chi connectivity index (χ3v) is 7.41. The molecule has 164 valence electrons. The lowest BCUT2D eigenvalue weighted by molar-refractivity contribution is 0.0953. The molecule has 5 rings (SSSR count). The van der Waals surface area contributed by atoms with Gasteiger partial charge in [-0.15, -0.1) is 21.5 Å². The SMILES string of the molecule is Fc1ccc(-c2nc(CSc3nnc(-c4ccc(Cl)cc4)n3C[C@H]3CCCO3)cs2)cc1. The number of hydrogen-bond acceptors (Lipinski definition) is 6. The summed E-state index contributed by atoms with van der Waals surface area (Å²) in [5.74, 6) is 1.23. The van der Waals surface area contributed by atoms with Gasteiger partial charge in [-0.3, -0.25) is 4.57 Å². The van der Waals surface area contributed by atoms with Crippen LogP contribution in [0.2, 0.25) is 5.02 Å². The lowest BCUT2D eigenvalue weighted by Crippen LogP contribution is -2.16. The smallest absolute Gasteiger partial charge is 0.191 e. The van der Waals surface area contributed by atoms with Gasteiger partial charge in [0, 0.05) is 33.9 Å². The van der Waals surface area contributed by atoms with Crippen LogP contribution in [-0.4, -0.2) is 32.5 Å². The summed E-state index contributed by atoms with van der Waals surface area (Å²) in [5, 5.41) is 13.4. The van der Waals surface area contributed by atoms with Crippen LogP contribution in [0.1, 0.15) is 18.5 Å². The van der Waals surface area contributed by atoms with E-state index in [2.05, 4.69) is 14.8 Å². The Morgan fingerprint density at radius 2 is 1.88 bits per heavy atom. The summed E-state index contributed by atoms with van der Waals surface area (Å²) in [5.41, 5.74) is 2.84. The minimum atomic E-state index is -0.247. The van der Waals surface area contributed by atoms with Gasteiger partial charge in [-0.1, -0.05) is 23.4 Å². The molecule has 0 spiro atoms. The molecule has 0 saturated carbocycles. The van der Waals surface area contributed by atoms with Gasteiger partial charge in [0.05, 0.1) is 18.3 Å². The molecule has 1 aliphatic rings. The van der Waals surface area contributed by atoms with Gasteiger partial charge >= 0.3 is 0 Å². The van der Waals surface area contributed by atoms with Gasteiger partial charge in [0.25, 0.3) is 0 Å². The zero-order chi connectivity index (χ0) is 21.9. The fourth-order valence-electron chi connectivity index (χ4n) is 3.60. The number of rotatable bonds is 7. The van der Waals surface area contributed by atoms with Gasteiger partial charge in [0.2, 0.25) is 0 Å². The maximum atomic E-state index is 13.2. The summed E-state index contributed by atoms with van der Waals surface area (Å²) in [6.45, 7) is 1.52. The fourth-order valence-corrected chi connectivity index (χ4v) is 5.50. The van der Waals surface area contributed by atoms with E-state index in [9.17, 15) is 4.39 Å². The van der Waals surface area contributed by atoms with Gasteiger partial charge in [-0.2, -0.15) is 0 Å². The van der Waals surface area contributed by atoms with E-state index in [-0.39, 0.29) is 11.9 Å². The highest BCUT2D eigenvalue weighted by molar-refractivity contribution is 7.98. The quantitative estimate of drug-likeness (QED) is 0.285. The molecule has 2 aromatic heterocycles. The van der Waals surface area contributed by atoms with E-state index in [1.165, 1.54) is 12.1 Å². The highest BCUT2D eigenvalue weighted by Crippen LogP contribution is 2.31. The summed E-state index contributed by atoms with van der Waals surface area (Å²) in [7, 11) is 0. The number of thiazole rings is 1. The molecule has 0 unspecified atom stereocenters. The molecule has 1 aliphatic heterocycles. The van der Waals surface area contributed by atoms with Crippen molar-refractivity contribution in [2.24, 2.45) is 0 Å².